The van der Waals surface area contributed by atoms with E-state index in [4.69, 9.17) is 9.79 Å². The van der Waals surface area contributed by atoms with Crippen molar-refractivity contribution >= 4 is 35.9 Å². The molecule has 0 saturated heterocycles. The van der Waals surface area contributed by atoms with Gasteiger partial charge in [-0.1, -0.05) is 24.3 Å². The molecule has 0 aliphatic carbocycles. The van der Waals surface area contributed by atoms with Gasteiger partial charge in [0.05, 0.1) is 10.5 Å². The number of phosphoric ester groups is 1. The Balaban J connectivity index is 1.97. The van der Waals surface area contributed by atoms with Gasteiger partial charge in [-0.05, 0) is 35.0 Å². The summed E-state index contributed by atoms with van der Waals surface area (Å²) in [6.45, 7) is 0. The average molecular weight is 388 g/mol. The van der Waals surface area contributed by atoms with Crippen LogP contribution in [-0.4, -0.2) is 20.6 Å². The number of amides is 1. The number of nitro benzene ring substituents is 1. The van der Waals surface area contributed by atoms with E-state index in [9.17, 15) is 19.5 Å². The minimum absolute atomic E-state index is 0.0876. The van der Waals surface area contributed by atoms with E-state index in [1.807, 2.05) is 0 Å². The van der Waals surface area contributed by atoms with Gasteiger partial charge in [0, 0.05) is 17.8 Å². The number of nitrogens with zero attached hydrogens (tertiary/aromatic N) is 1. The van der Waals surface area contributed by atoms with Crippen LogP contribution in [0.3, 0.4) is 0 Å². The van der Waals surface area contributed by atoms with Crippen LogP contribution in [0, 0.1) is 10.1 Å². The van der Waals surface area contributed by atoms with Gasteiger partial charge in [0.2, 0.25) is 0 Å². The minimum atomic E-state index is -4.89. The highest BCUT2D eigenvalue weighted by molar-refractivity contribution is 7.46. The molecule has 3 N–H and O–H groups in total. The Morgan fingerprint density at radius 2 is 1.63 bits per heavy atom. The normalized spacial score (nSPS) is 11.2. The number of phosphoric acid groups is 1. The van der Waals surface area contributed by atoms with Crippen LogP contribution in [0.1, 0.15) is 10.4 Å². The lowest BCUT2D eigenvalue weighted by molar-refractivity contribution is -0.384. The molecule has 0 aromatic heterocycles. The smallest absolute Gasteiger partial charge is 0.403 e. The Morgan fingerprint density at radius 3 is 2.19 bits per heavy atom. The largest absolute Gasteiger partial charge is 0.524 e. The molecule has 0 bridgehead atoms. The molecular weight excluding hydrogens is 375 g/mol. The highest BCUT2D eigenvalue weighted by atomic mass is 31.2. The van der Waals surface area contributed by atoms with Crippen molar-refractivity contribution in [3.63, 3.8) is 0 Å². The molecule has 3 aromatic carbocycles. The van der Waals surface area contributed by atoms with Crippen molar-refractivity contribution in [1.82, 2.24) is 0 Å². The lowest BCUT2D eigenvalue weighted by Crippen LogP contribution is -2.13. The van der Waals surface area contributed by atoms with Gasteiger partial charge >= 0.3 is 7.82 Å². The Bertz CT molecular complexity index is 1080. The zero-order valence-corrected chi connectivity index (χ0v) is 14.5. The van der Waals surface area contributed by atoms with Crippen molar-refractivity contribution in [2.75, 3.05) is 5.32 Å². The molecular formula is C17H13N2O7P. The SMILES string of the molecule is O=C(Nc1ccc([N+](=O)[O-])cc1)c1cc2ccccc2cc1OP(=O)(O)O. The van der Waals surface area contributed by atoms with Gasteiger partial charge in [-0.15, -0.1) is 0 Å². The minimum Gasteiger partial charge on any atom is -0.403 e. The van der Waals surface area contributed by atoms with Gasteiger partial charge in [-0.2, -0.15) is 0 Å². The molecule has 0 radical (unpaired) electrons. The molecule has 0 unspecified atom stereocenters. The van der Waals surface area contributed by atoms with Crippen LogP contribution in [0.2, 0.25) is 0 Å². The number of nitro groups is 1. The van der Waals surface area contributed by atoms with Gasteiger partial charge in [0.1, 0.15) is 5.75 Å². The maximum absolute atomic E-state index is 12.6. The van der Waals surface area contributed by atoms with Crippen molar-refractivity contribution < 1.29 is 28.6 Å². The molecule has 0 aliphatic rings. The molecule has 0 heterocycles. The molecule has 27 heavy (non-hydrogen) atoms. The van der Waals surface area contributed by atoms with E-state index in [0.29, 0.717) is 10.8 Å². The van der Waals surface area contributed by atoms with E-state index in [-0.39, 0.29) is 22.7 Å². The summed E-state index contributed by atoms with van der Waals surface area (Å²) in [5.74, 6) is -0.959. The quantitative estimate of drug-likeness (QED) is 0.345. The predicted molar refractivity (Wildman–Crippen MR) is 97.7 cm³/mol. The third kappa shape index (κ3) is 4.48. The first-order valence-corrected chi connectivity index (χ1v) is 9.10. The van der Waals surface area contributed by atoms with Gasteiger partial charge < -0.3 is 9.84 Å². The van der Waals surface area contributed by atoms with E-state index >= 15 is 0 Å². The molecule has 0 spiro atoms. The number of carbonyl (C=O) groups excluding carboxylic acids is 1. The summed E-state index contributed by atoms with van der Waals surface area (Å²) in [6, 6.07) is 14.9. The van der Waals surface area contributed by atoms with Gasteiger partial charge in [-0.25, -0.2) is 4.57 Å². The Morgan fingerprint density at radius 1 is 1.04 bits per heavy atom. The van der Waals surface area contributed by atoms with Gasteiger partial charge in [0.25, 0.3) is 11.6 Å². The van der Waals surface area contributed by atoms with E-state index in [2.05, 4.69) is 9.84 Å². The fraction of sp³-hybridized carbons (Fsp3) is 0. The number of rotatable bonds is 5. The van der Waals surface area contributed by atoms with Crippen LogP contribution >= 0.6 is 7.82 Å². The standard InChI is InChI=1S/C17H13N2O7P/c20-17(18-13-5-7-14(8-6-13)19(21)22)15-9-11-3-1-2-4-12(11)10-16(15)26-27(23,24)25/h1-10H,(H,18,20)(H2,23,24,25). The summed E-state index contributed by atoms with van der Waals surface area (Å²) >= 11 is 0. The second-order valence-corrected chi connectivity index (χ2v) is 6.70. The fourth-order valence-corrected chi connectivity index (χ4v) is 2.87. The van der Waals surface area contributed by atoms with Crippen molar-refractivity contribution in [1.29, 1.82) is 0 Å². The van der Waals surface area contributed by atoms with Crippen LogP contribution in [-0.2, 0) is 4.57 Å². The number of hydrogen-bond acceptors (Lipinski definition) is 5. The third-order valence-electron chi connectivity index (χ3n) is 3.65. The van der Waals surface area contributed by atoms with Crippen molar-refractivity contribution in [2.24, 2.45) is 0 Å². The summed E-state index contributed by atoms with van der Waals surface area (Å²) in [5.41, 5.74) is 0.0560. The number of non-ortho nitro benzene ring substituents is 1. The summed E-state index contributed by atoms with van der Waals surface area (Å²) in [4.78, 5) is 41.0. The number of hydrogen-bond donors (Lipinski definition) is 3. The van der Waals surface area contributed by atoms with Gasteiger partial charge in [0.15, 0.2) is 0 Å². The first kappa shape index (κ1) is 18.5. The van der Waals surface area contributed by atoms with Crippen LogP contribution in [0.5, 0.6) is 5.75 Å². The number of benzene rings is 3. The number of anilines is 1. The van der Waals surface area contributed by atoms with Crippen molar-refractivity contribution in [3.05, 3.63) is 76.3 Å². The van der Waals surface area contributed by atoms with E-state index < -0.39 is 18.7 Å². The second kappa shape index (κ2) is 7.16. The first-order chi connectivity index (χ1) is 12.7. The highest BCUT2D eigenvalue weighted by Gasteiger charge is 2.22. The summed E-state index contributed by atoms with van der Waals surface area (Å²) in [7, 11) is -4.89. The van der Waals surface area contributed by atoms with Crippen LogP contribution in [0.15, 0.2) is 60.7 Å². The van der Waals surface area contributed by atoms with E-state index in [1.54, 1.807) is 24.3 Å². The Hall–Kier alpha value is -3.26. The molecule has 0 saturated carbocycles. The third-order valence-corrected chi connectivity index (χ3v) is 4.08. The van der Waals surface area contributed by atoms with Crippen LogP contribution in [0.25, 0.3) is 10.8 Å². The van der Waals surface area contributed by atoms with Crippen molar-refractivity contribution in [2.45, 2.75) is 0 Å². The number of fused-ring (bicyclic) bond motifs is 1. The van der Waals surface area contributed by atoms with E-state index in [0.717, 1.165) is 0 Å². The summed E-state index contributed by atoms with van der Waals surface area (Å²) < 4.78 is 15.9. The molecule has 9 nitrogen and oxygen atoms in total. The maximum atomic E-state index is 12.6. The lowest BCUT2D eigenvalue weighted by atomic mass is 10.1. The molecule has 0 fully saturated rings. The number of nitrogens with one attached hydrogen (secondary N) is 1. The second-order valence-electron chi connectivity index (χ2n) is 5.54. The van der Waals surface area contributed by atoms with Crippen LogP contribution < -0.4 is 9.84 Å². The summed E-state index contributed by atoms with van der Waals surface area (Å²) in [5, 5.41) is 14.5. The molecule has 3 rings (SSSR count). The first-order valence-electron chi connectivity index (χ1n) is 7.57. The Labute approximate surface area is 152 Å². The molecule has 3 aromatic rings. The van der Waals surface area contributed by atoms with Crippen LogP contribution in [0.4, 0.5) is 11.4 Å². The zero-order valence-electron chi connectivity index (χ0n) is 13.6. The fourth-order valence-electron chi connectivity index (χ4n) is 2.47. The molecule has 10 heteroatoms. The summed E-state index contributed by atoms with van der Waals surface area (Å²) in [6.07, 6.45) is 0. The molecule has 0 atom stereocenters. The predicted octanol–water partition coefficient (Wildman–Crippen LogP) is 3.47. The zero-order chi connectivity index (χ0) is 19.6. The molecule has 1 amide bonds. The average Bonchev–Trinajstić information content (AvgIpc) is 2.60. The highest BCUT2D eigenvalue weighted by Crippen LogP contribution is 2.40. The topological polar surface area (TPSA) is 139 Å². The Kier molecular flexibility index (Phi) is 4.91. The van der Waals surface area contributed by atoms with Gasteiger partial charge in [-0.3, -0.25) is 24.7 Å². The van der Waals surface area contributed by atoms with E-state index in [1.165, 1.54) is 36.4 Å². The molecule has 138 valence electrons. The van der Waals surface area contributed by atoms with Crippen molar-refractivity contribution in [3.8, 4) is 5.75 Å². The molecule has 0 aliphatic heterocycles. The number of carbonyl (C=O) groups is 1. The maximum Gasteiger partial charge on any atom is 0.524 e. The monoisotopic (exact) mass is 388 g/mol. The lowest BCUT2D eigenvalue weighted by Gasteiger charge is -2.13.